The van der Waals surface area contributed by atoms with Crippen molar-refractivity contribution in [2.75, 3.05) is 13.2 Å². The fourth-order valence-corrected chi connectivity index (χ4v) is 6.34. The Morgan fingerprint density at radius 1 is 0.556 bits per heavy atom. The molecule has 1 heterocycles. The molecule has 0 aromatic carbocycles. The van der Waals surface area contributed by atoms with Crippen molar-refractivity contribution in [3.63, 3.8) is 0 Å². The lowest BCUT2D eigenvalue weighted by molar-refractivity contribution is -0.298. The average Bonchev–Trinajstić information content (AvgIpc) is 3.15. The van der Waals surface area contributed by atoms with Crippen LogP contribution >= 0.6 is 0 Å². The lowest BCUT2D eigenvalue weighted by Crippen LogP contribution is -2.60. The second kappa shape index (κ2) is 34.0. The lowest BCUT2D eigenvalue weighted by Gasteiger charge is -2.38. The van der Waals surface area contributed by atoms with Crippen molar-refractivity contribution in [3.8, 4) is 0 Å². The molecule has 0 aliphatic carbocycles. The first-order valence-corrected chi connectivity index (χ1v) is 21.4. The standard InChI is InChI=1S/C43H76O11/c1-3-5-7-9-11-13-15-17-18-19-20-22-23-25-27-29-31-36(44)51-33-35(34-52-43-40(48)38(46)39(47)41(54-43)42(49)50)53-37(45)32-30-28-26-24-21-16-14-12-10-8-6-4-2/h12,14,18-19,35,38-41,43,46-48H,3-11,13,15-17,20-34H2,1-2H3,(H,49,50)/b14-12-,19-18-. The Kier molecular flexibility index (Phi) is 31.3. The van der Waals surface area contributed by atoms with E-state index in [2.05, 4.69) is 38.2 Å². The van der Waals surface area contributed by atoms with Crippen LogP contribution in [-0.4, -0.2) is 88.4 Å². The Morgan fingerprint density at radius 2 is 0.981 bits per heavy atom. The maximum Gasteiger partial charge on any atom is 0.335 e. The molecule has 1 aliphatic rings. The first kappa shape index (κ1) is 49.7. The van der Waals surface area contributed by atoms with Crippen LogP contribution in [-0.2, 0) is 33.3 Å². The predicted octanol–water partition coefficient (Wildman–Crippen LogP) is 8.65. The number of carboxylic acid groups (broad SMARTS) is 1. The molecule has 11 nitrogen and oxygen atoms in total. The number of carbonyl (C=O) groups excluding carboxylic acids is 2. The number of aliphatic hydroxyl groups is 3. The molecule has 1 aliphatic heterocycles. The fraction of sp³-hybridized carbons (Fsp3) is 0.837. The van der Waals surface area contributed by atoms with E-state index in [1.54, 1.807) is 0 Å². The van der Waals surface area contributed by atoms with Crippen molar-refractivity contribution < 1.29 is 53.8 Å². The Balaban J connectivity index is 2.40. The predicted molar refractivity (Wildman–Crippen MR) is 211 cm³/mol. The minimum absolute atomic E-state index is 0.172. The summed E-state index contributed by atoms with van der Waals surface area (Å²) in [6.45, 7) is 3.76. The third kappa shape index (κ3) is 25.7. The summed E-state index contributed by atoms with van der Waals surface area (Å²) in [7, 11) is 0. The Hall–Kier alpha value is -2.31. The summed E-state index contributed by atoms with van der Waals surface area (Å²) in [5.41, 5.74) is 0. The van der Waals surface area contributed by atoms with Gasteiger partial charge >= 0.3 is 17.9 Å². The molecule has 1 saturated heterocycles. The molecule has 1 fully saturated rings. The van der Waals surface area contributed by atoms with Gasteiger partial charge in [-0.15, -0.1) is 0 Å². The van der Waals surface area contributed by atoms with E-state index in [1.807, 2.05) is 0 Å². The van der Waals surface area contributed by atoms with Gasteiger partial charge in [-0.3, -0.25) is 9.59 Å². The average molecular weight is 769 g/mol. The van der Waals surface area contributed by atoms with Gasteiger partial charge in [0.1, 0.15) is 24.9 Å². The van der Waals surface area contributed by atoms with Gasteiger partial charge in [0, 0.05) is 12.8 Å². The van der Waals surface area contributed by atoms with Crippen molar-refractivity contribution in [1.29, 1.82) is 0 Å². The van der Waals surface area contributed by atoms with E-state index in [-0.39, 0.29) is 19.4 Å². The van der Waals surface area contributed by atoms with Gasteiger partial charge in [-0.25, -0.2) is 4.79 Å². The number of hydrogen-bond donors (Lipinski definition) is 4. The molecule has 0 bridgehead atoms. The van der Waals surface area contributed by atoms with Crippen LogP contribution in [0.15, 0.2) is 24.3 Å². The van der Waals surface area contributed by atoms with E-state index in [9.17, 15) is 34.8 Å². The number of unbranched alkanes of at least 4 members (excludes halogenated alkanes) is 20. The highest BCUT2D eigenvalue weighted by Gasteiger charge is 2.47. The van der Waals surface area contributed by atoms with Crippen LogP contribution in [0.3, 0.4) is 0 Å². The summed E-state index contributed by atoms with van der Waals surface area (Å²) in [5.74, 6) is -2.46. The van der Waals surface area contributed by atoms with Crippen LogP contribution in [0.2, 0.25) is 0 Å². The molecule has 0 saturated carbocycles. The molecular formula is C43H76O11. The summed E-state index contributed by atoms with van der Waals surface area (Å²) in [4.78, 5) is 36.7. The lowest BCUT2D eigenvalue weighted by atomic mass is 9.99. The first-order valence-electron chi connectivity index (χ1n) is 21.4. The number of carboxylic acids is 1. The zero-order valence-electron chi connectivity index (χ0n) is 33.7. The fourth-order valence-electron chi connectivity index (χ4n) is 6.34. The highest BCUT2D eigenvalue weighted by atomic mass is 16.7. The summed E-state index contributed by atoms with van der Waals surface area (Å²) >= 11 is 0. The maximum absolute atomic E-state index is 12.7. The number of rotatable bonds is 35. The van der Waals surface area contributed by atoms with Gasteiger partial charge in [0.2, 0.25) is 0 Å². The maximum atomic E-state index is 12.7. The third-order valence-corrected chi connectivity index (χ3v) is 9.77. The van der Waals surface area contributed by atoms with Gasteiger partial charge in [-0.05, 0) is 64.2 Å². The molecule has 6 unspecified atom stereocenters. The van der Waals surface area contributed by atoms with Gasteiger partial charge < -0.3 is 39.4 Å². The van der Waals surface area contributed by atoms with Crippen LogP contribution in [0.4, 0.5) is 0 Å². The molecule has 0 amide bonds. The number of hydrogen-bond acceptors (Lipinski definition) is 10. The molecule has 314 valence electrons. The van der Waals surface area contributed by atoms with E-state index < -0.39 is 61.3 Å². The number of esters is 2. The van der Waals surface area contributed by atoms with Crippen molar-refractivity contribution in [1.82, 2.24) is 0 Å². The van der Waals surface area contributed by atoms with Gasteiger partial charge in [0.05, 0.1) is 6.61 Å². The van der Waals surface area contributed by atoms with Crippen molar-refractivity contribution in [3.05, 3.63) is 24.3 Å². The Bertz CT molecular complexity index is 1000. The number of aliphatic hydroxyl groups excluding tert-OH is 3. The zero-order valence-corrected chi connectivity index (χ0v) is 33.7. The monoisotopic (exact) mass is 769 g/mol. The molecule has 4 N–H and O–H groups in total. The molecule has 1 rings (SSSR count). The van der Waals surface area contributed by atoms with Crippen LogP contribution in [0, 0.1) is 0 Å². The van der Waals surface area contributed by atoms with E-state index in [0.717, 1.165) is 77.0 Å². The molecule has 0 spiro atoms. The second-order valence-electron chi connectivity index (χ2n) is 14.8. The third-order valence-electron chi connectivity index (χ3n) is 9.77. The second-order valence-corrected chi connectivity index (χ2v) is 14.8. The SMILES string of the molecule is CCCCC/C=C\CCCCCCCC(=O)OC(COC(=O)CCCCCCC/C=C\CCCCCCCCC)COC1OC(C(=O)O)C(O)C(O)C1O. The van der Waals surface area contributed by atoms with Crippen LogP contribution in [0.25, 0.3) is 0 Å². The van der Waals surface area contributed by atoms with Crippen LogP contribution < -0.4 is 0 Å². The highest BCUT2D eigenvalue weighted by Crippen LogP contribution is 2.23. The minimum atomic E-state index is -1.86. The molecule has 11 heteroatoms. The molecular weight excluding hydrogens is 692 g/mol. The highest BCUT2D eigenvalue weighted by molar-refractivity contribution is 5.73. The topological polar surface area (TPSA) is 169 Å². The molecule has 0 radical (unpaired) electrons. The number of allylic oxidation sites excluding steroid dienone is 4. The van der Waals surface area contributed by atoms with E-state index in [4.69, 9.17) is 18.9 Å². The van der Waals surface area contributed by atoms with E-state index >= 15 is 0 Å². The molecule has 0 aromatic rings. The van der Waals surface area contributed by atoms with Crippen molar-refractivity contribution in [2.24, 2.45) is 0 Å². The first-order chi connectivity index (χ1) is 26.2. The summed E-state index contributed by atoms with van der Waals surface area (Å²) in [6, 6.07) is 0. The van der Waals surface area contributed by atoms with Gasteiger partial charge in [0.15, 0.2) is 18.5 Å². The van der Waals surface area contributed by atoms with E-state index in [0.29, 0.717) is 12.8 Å². The largest absolute Gasteiger partial charge is 0.479 e. The molecule has 54 heavy (non-hydrogen) atoms. The zero-order chi connectivity index (χ0) is 39.7. The summed E-state index contributed by atoms with van der Waals surface area (Å²) < 4.78 is 21.7. The van der Waals surface area contributed by atoms with Crippen molar-refractivity contribution in [2.45, 2.75) is 218 Å². The summed E-state index contributed by atoms with van der Waals surface area (Å²) in [6.07, 6.45) is 26.6. The van der Waals surface area contributed by atoms with E-state index in [1.165, 1.54) is 64.2 Å². The van der Waals surface area contributed by atoms with Crippen LogP contribution in [0.1, 0.15) is 181 Å². The molecule has 0 aromatic heterocycles. The smallest absolute Gasteiger partial charge is 0.335 e. The molecule has 6 atom stereocenters. The van der Waals surface area contributed by atoms with Crippen LogP contribution in [0.5, 0.6) is 0 Å². The Morgan fingerprint density at radius 3 is 1.48 bits per heavy atom. The van der Waals surface area contributed by atoms with Gasteiger partial charge in [0.25, 0.3) is 0 Å². The number of ether oxygens (including phenoxy) is 4. The Labute approximate surface area is 326 Å². The number of aliphatic carboxylic acids is 1. The minimum Gasteiger partial charge on any atom is -0.479 e. The van der Waals surface area contributed by atoms with Crippen molar-refractivity contribution >= 4 is 17.9 Å². The quantitative estimate of drug-likeness (QED) is 0.0277. The number of carbonyl (C=O) groups is 3. The van der Waals surface area contributed by atoms with Gasteiger partial charge in [-0.2, -0.15) is 0 Å². The van der Waals surface area contributed by atoms with Gasteiger partial charge in [-0.1, -0.05) is 128 Å². The summed E-state index contributed by atoms with van der Waals surface area (Å²) in [5, 5.41) is 39.7. The normalized spacial score (nSPS) is 20.8.